The van der Waals surface area contributed by atoms with Crippen molar-refractivity contribution in [1.82, 2.24) is 5.32 Å². The van der Waals surface area contributed by atoms with Crippen LogP contribution in [0, 0.1) is 0 Å². The number of benzene rings is 1. The molecule has 2 heteroatoms. The molecule has 0 radical (unpaired) electrons. The fourth-order valence-corrected chi connectivity index (χ4v) is 2.95. The molecule has 2 nitrogen and oxygen atoms in total. The van der Waals surface area contributed by atoms with Crippen molar-refractivity contribution in [1.29, 1.82) is 0 Å². The smallest absolute Gasteiger partial charge is 0.119 e. The first-order chi connectivity index (χ1) is 6.86. The second kappa shape index (κ2) is 2.99. The molecular weight excluding hydrogens is 174 g/mol. The molecular formula is C12H15NO. The van der Waals surface area contributed by atoms with Crippen molar-refractivity contribution in [2.45, 2.75) is 31.2 Å². The largest absolute Gasteiger partial charge is 0.508 e. The Hall–Kier alpha value is -1.02. The third-order valence-corrected chi connectivity index (χ3v) is 3.64. The minimum Gasteiger partial charge on any atom is -0.508 e. The molecule has 0 spiro atoms. The molecule has 3 rings (SSSR count). The fraction of sp³-hybridized carbons (Fsp3) is 0.500. The van der Waals surface area contributed by atoms with Crippen LogP contribution in [-0.4, -0.2) is 17.7 Å². The summed E-state index contributed by atoms with van der Waals surface area (Å²) in [5.41, 5.74) is 2.57. The molecule has 1 aromatic carbocycles. The van der Waals surface area contributed by atoms with E-state index in [0.29, 0.717) is 17.7 Å². The summed E-state index contributed by atoms with van der Waals surface area (Å²) in [5.74, 6) is 1.14. The highest BCUT2D eigenvalue weighted by molar-refractivity contribution is 5.44. The topological polar surface area (TPSA) is 32.3 Å². The van der Waals surface area contributed by atoms with Gasteiger partial charge in [-0.05, 0) is 43.0 Å². The second-order valence-electron chi connectivity index (χ2n) is 4.34. The van der Waals surface area contributed by atoms with Crippen molar-refractivity contribution < 1.29 is 5.11 Å². The molecule has 2 unspecified atom stereocenters. The zero-order valence-electron chi connectivity index (χ0n) is 8.16. The SMILES string of the molecule is Oc1cccc2c1CCC1NCCC21. The second-order valence-corrected chi connectivity index (χ2v) is 4.34. The number of hydrogen-bond acceptors (Lipinski definition) is 2. The average Bonchev–Trinajstić information content (AvgIpc) is 2.66. The van der Waals surface area contributed by atoms with Gasteiger partial charge >= 0.3 is 0 Å². The highest BCUT2D eigenvalue weighted by Crippen LogP contribution is 2.40. The van der Waals surface area contributed by atoms with E-state index >= 15 is 0 Å². The Morgan fingerprint density at radius 1 is 1.29 bits per heavy atom. The van der Waals surface area contributed by atoms with Gasteiger partial charge in [-0.3, -0.25) is 0 Å². The van der Waals surface area contributed by atoms with Crippen LogP contribution < -0.4 is 5.32 Å². The Morgan fingerprint density at radius 3 is 3.14 bits per heavy atom. The molecule has 0 amide bonds. The zero-order valence-corrected chi connectivity index (χ0v) is 8.16. The number of fused-ring (bicyclic) bond motifs is 3. The molecule has 2 aliphatic rings. The molecule has 1 aliphatic heterocycles. The Bertz CT molecular complexity index is 361. The Labute approximate surface area is 84.0 Å². The van der Waals surface area contributed by atoms with Crippen LogP contribution in [0.15, 0.2) is 18.2 Å². The molecule has 0 saturated carbocycles. The first kappa shape index (κ1) is 8.30. The molecule has 0 bridgehead atoms. The van der Waals surface area contributed by atoms with E-state index in [9.17, 15) is 5.11 Å². The van der Waals surface area contributed by atoms with Crippen LogP contribution in [0.25, 0.3) is 0 Å². The van der Waals surface area contributed by atoms with Gasteiger partial charge in [0.15, 0.2) is 0 Å². The summed E-state index contributed by atoms with van der Waals surface area (Å²) in [6.07, 6.45) is 3.42. The van der Waals surface area contributed by atoms with Crippen LogP contribution in [0.5, 0.6) is 5.75 Å². The van der Waals surface area contributed by atoms with Crippen LogP contribution in [-0.2, 0) is 6.42 Å². The van der Waals surface area contributed by atoms with Gasteiger partial charge in [-0.15, -0.1) is 0 Å². The lowest BCUT2D eigenvalue weighted by molar-refractivity contribution is 0.438. The van der Waals surface area contributed by atoms with E-state index in [4.69, 9.17) is 0 Å². The van der Waals surface area contributed by atoms with E-state index in [1.54, 1.807) is 0 Å². The van der Waals surface area contributed by atoms with Crippen molar-refractivity contribution in [3.05, 3.63) is 29.3 Å². The normalized spacial score (nSPS) is 29.7. The summed E-state index contributed by atoms with van der Waals surface area (Å²) in [5, 5.41) is 13.3. The summed E-state index contributed by atoms with van der Waals surface area (Å²) >= 11 is 0. The molecule has 0 aromatic heterocycles. The summed E-state index contributed by atoms with van der Waals surface area (Å²) in [7, 11) is 0. The van der Waals surface area contributed by atoms with Gasteiger partial charge in [0.2, 0.25) is 0 Å². The van der Waals surface area contributed by atoms with E-state index in [1.807, 2.05) is 12.1 Å². The Kier molecular flexibility index (Phi) is 1.77. The lowest BCUT2D eigenvalue weighted by Crippen LogP contribution is -2.30. The van der Waals surface area contributed by atoms with Gasteiger partial charge in [-0.1, -0.05) is 12.1 Å². The summed E-state index contributed by atoms with van der Waals surface area (Å²) < 4.78 is 0. The maximum absolute atomic E-state index is 9.76. The number of nitrogens with one attached hydrogen (secondary N) is 1. The summed E-state index contributed by atoms with van der Waals surface area (Å²) in [6.45, 7) is 1.13. The highest BCUT2D eigenvalue weighted by atomic mass is 16.3. The van der Waals surface area contributed by atoms with Crippen LogP contribution in [0.1, 0.15) is 29.9 Å². The minimum absolute atomic E-state index is 0.493. The molecule has 1 heterocycles. The van der Waals surface area contributed by atoms with Crippen molar-refractivity contribution in [3.8, 4) is 5.75 Å². The molecule has 1 fully saturated rings. The molecule has 1 saturated heterocycles. The molecule has 2 N–H and O–H groups in total. The molecule has 14 heavy (non-hydrogen) atoms. The maximum atomic E-state index is 9.76. The lowest BCUT2D eigenvalue weighted by atomic mass is 9.79. The first-order valence-corrected chi connectivity index (χ1v) is 5.40. The van der Waals surface area contributed by atoms with Gasteiger partial charge in [0, 0.05) is 12.0 Å². The van der Waals surface area contributed by atoms with Crippen LogP contribution in [0.4, 0.5) is 0 Å². The molecule has 1 aromatic rings. The minimum atomic E-state index is 0.493. The Balaban J connectivity index is 2.09. The van der Waals surface area contributed by atoms with Gasteiger partial charge < -0.3 is 10.4 Å². The van der Waals surface area contributed by atoms with E-state index in [2.05, 4.69) is 11.4 Å². The molecule has 1 aliphatic carbocycles. The predicted octanol–water partition coefficient (Wildman–Crippen LogP) is 1.78. The predicted molar refractivity (Wildman–Crippen MR) is 55.6 cm³/mol. The van der Waals surface area contributed by atoms with Crippen molar-refractivity contribution in [2.75, 3.05) is 6.54 Å². The quantitative estimate of drug-likeness (QED) is 0.652. The van der Waals surface area contributed by atoms with Crippen molar-refractivity contribution >= 4 is 0 Å². The number of hydrogen-bond donors (Lipinski definition) is 2. The number of phenolic OH excluding ortho intramolecular Hbond substituents is 1. The van der Waals surface area contributed by atoms with Gasteiger partial charge in [0.05, 0.1) is 0 Å². The lowest BCUT2D eigenvalue weighted by Gasteiger charge is -2.28. The number of rotatable bonds is 0. The van der Waals surface area contributed by atoms with Crippen LogP contribution in [0.3, 0.4) is 0 Å². The van der Waals surface area contributed by atoms with Gasteiger partial charge in [0.25, 0.3) is 0 Å². The molecule has 74 valence electrons. The standard InChI is InChI=1S/C12H15NO/c14-12-3-1-2-8-9-6-7-13-11(9)5-4-10(8)12/h1-3,9,11,13-14H,4-7H2. The third-order valence-electron chi connectivity index (χ3n) is 3.64. The van der Waals surface area contributed by atoms with Gasteiger partial charge in [-0.2, -0.15) is 0 Å². The first-order valence-electron chi connectivity index (χ1n) is 5.40. The molecule has 2 atom stereocenters. The number of phenols is 1. The zero-order chi connectivity index (χ0) is 9.54. The monoisotopic (exact) mass is 189 g/mol. The Morgan fingerprint density at radius 2 is 2.21 bits per heavy atom. The van der Waals surface area contributed by atoms with Crippen molar-refractivity contribution in [2.24, 2.45) is 0 Å². The van der Waals surface area contributed by atoms with E-state index in [-0.39, 0.29) is 0 Å². The summed E-state index contributed by atoms with van der Waals surface area (Å²) in [4.78, 5) is 0. The van der Waals surface area contributed by atoms with Crippen LogP contribution >= 0.6 is 0 Å². The van der Waals surface area contributed by atoms with Gasteiger partial charge in [-0.25, -0.2) is 0 Å². The summed E-state index contributed by atoms with van der Waals surface area (Å²) in [6, 6.07) is 6.61. The number of aromatic hydroxyl groups is 1. The maximum Gasteiger partial charge on any atom is 0.119 e. The van der Waals surface area contributed by atoms with Gasteiger partial charge in [0.1, 0.15) is 5.75 Å². The average molecular weight is 189 g/mol. The fourth-order valence-electron chi connectivity index (χ4n) is 2.95. The third kappa shape index (κ3) is 1.07. The van der Waals surface area contributed by atoms with E-state index in [0.717, 1.165) is 13.0 Å². The van der Waals surface area contributed by atoms with Crippen molar-refractivity contribution in [3.63, 3.8) is 0 Å². The highest BCUT2D eigenvalue weighted by Gasteiger charge is 2.33. The van der Waals surface area contributed by atoms with E-state index < -0.39 is 0 Å². The van der Waals surface area contributed by atoms with Crippen LogP contribution in [0.2, 0.25) is 0 Å². The van der Waals surface area contributed by atoms with E-state index in [1.165, 1.54) is 24.0 Å².